The second kappa shape index (κ2) is 6.41. The van der Waals surface area contributed by atoms with Gasteiger partial charge in [0.2, 0.25) is 0 Å². The Morgan fingerprint density at radius 1 is 1.31 bits per heavy atom. The summed E-state index contributed by atoms with van der Waals surface area (Å²) in [5.74, 6) is 0.840. The number of hydrogen-bond acceptors (Lipinski definition) is 1. The molecule has 0 aromatic carbocycles. The second-order valence-corrected chi connectivity index (χ2v) is 4.10. The van der Waals surface area contributed by atoms with Gasteiger partial charge in [-0.05, 0) is 17.9 Å². The molecule has 0 bridgehead atoms. The zero-order chi connectivity index (χ0) is 10.3. The summed E-state index contributed by atoms with van der Waals surface area (Å²) in [5.41, 5.74) is -0.568. The van der Waals surface area contributed by atoms with E-state index in [1.165, 1.54) is 11.8 Å². The fourth-order valence-corrected chi connectivity index (χ4v) is 1.76. The van der Waals surface area contributed by atoms with Gasteiger partial charge in [-0.25, -0.2) is 0 Å². The van der Waals surface area contributed by atoms with Crippen LogP contribution in [0.4, 0.5) is 12.9 Å². The van der Waals surface area contributed by atoms with Gasteiger partial charge in [0.05, 0.1) is 0 Å². The van der Waals surface area contributed by atoms with E-state index in [2.05, 4.69) is 13.5 Å². The Hall–Kier alpha value is -0.0551. The minimum absolute atomic E-state index is 0.0349. The van der Waals surface area contributed by atoms with E-state index < -0.39 is 12.4 Å². The normalized spacial score (nSPS) is 11.7. The lowest BCUT2D eigenvalue weighted by molar-refractivity contribution is 0.491. The van der Waals surface area contributed by atoms with Crippen LogP contribution in [0.2, 0.25) is 0 Å². The summed E-state index contributed by atoms with van der Waals surface area (Å²) >= 11 is 1.32. The maximum absolute atomic E-state index is 12.0. The highest BCUT2D eigenvalue weighted by Gasteiger charge is 2.25. The van der Waals surface area contributed by atoms with E-state index in [0.29, 0.717) is 0 Å². The van der Waals surface area contributed by atoms with E-state index in [1.807, 2.05) is 0 Å². The molecule has 0 aliphatic heterocycles. The Labute approximate surface area is 82.0 Å². The first-order valence-electron chi connectivity index (χ1n) is 4.43. The molecule has 0 heterocycles. The molecule has 0 aliphatic rings. The van der Waals surface area contributed by atoms with Crippen molar-refractivity contribution < 1.29 is 12.9 Å². The highest BCUT2D eigenvalue weighted by atomic mass is 32.2. The molecule has 0 aromatic rings. The van der Waals surface area contributed by atoms with E-state index in [4.69, 9.17) is 0 Å². The van der Waals surface area contributed by atoms with Crippen molar-refractivity contribution in [3.05, 3.63) is 12.1 Å². The van der Waals surface area contributed by atoms with Gasteiger partial charge in [-0.15, -0.1) is 12.1 Å². The largest absolute Gasteiger partial charge is 0.505 e. The van der Waals surface area contributed by atoms with Crippen molar-refractivity contribution in [2.45, 2.75) is 26.2 Å². The minimum atomic E-state index is -4.81. The molecule has 0 N–H and O–H groups in total. The molecule has 0 rings (SSSR count). The first kappa shape index (κ1) is 12.9. The van der Waals surface area contributed by atoms with Crippen LogP contribution >= 0.6 is 11.8 Å². The first-order chi connectivity index (χ1) is 5.98. The van der Waals surface area contributed by atoms with Gasteiger partial charge in [0.1, 0.15) is 0 Å². The molecule has 78 valence electrons. The second-order valence-electron chi connectivity index (χ2n) is 2.99. The molecular formula is C8H15BF3S-. The van der Waals surface area contributed by atoms with E-state index in [-0.39, 0.29) is 5.75 Å². The summed E-state index contributed by atoms with van der Waals surface area (Å²) in [6.07, 6.45) is 3.20. The molecule has 0 aliphatic carbocycles. The lowest BCUT2D eigenvalue weighted by Crippen LogP contribution is -2.20. The van der Waals surface area contributed by atoms with Gasteiger partial charge >= 0.3 is 6.98 Å². The molecule has 5 heteroatoms. The van der Waals surface area contributed by atoms with Crippen molar-refractivity contribution in [2.24, 2.45) is 0 Å². The summed E-state index contributed by atoms with van der Waals surface area (Å²) in [5, 5.41) is 0. The topological polar surface area (TPSA) is 0 Å². The fourth-order valence-electron chi connectivity index (χ4n) is 0.752. The molecule has 13 heavy (non-hydrogen) atoms. The third-order valence-corrected chi connectivity index (χ3v) is 2.79. The van der Waals surface area contributed by atoms with Crippen LogP contribution in [0.15, 0.2) is 12.1 Å². The number of hydrogen-bond donors (Lipinski definition) is 0. The smallest absolute Gasteiger partial charge is 0.445 e. The van der Waals surface area contributed by atoms with Crippen LogP contribution < -0.4 is 0 Å². The molecule has 0 aromatic heterocycles. The lowest BCUT2D eigenvalue weighted by atomic mass is 9.82. The predicted molar refractivity (Wildman–Crippen MR) is 55.1 cm³/mol. The van der Waals surface area contributed by atoms with Crippen molar-refractivity contribution in [3.63, 3.8) is 0 Å². The Kier molecular flexibility index (Phi) is 6.38. The quantitative estimate of drug-likeness (QED) is 0.455. The Morgan fingerprint density at radius 3 is 2.38 bits per heavy atom. The minimum Gasteiger partial charge on any atom is -0.445 e. The first-order valence-corrected chi connectivity index (χ1v) is 5.59. The number of rotatable bonds is 7. The molecule has 0 nitrogen and oxygen atoms in total. The molecule has 0 unspecified atom stereocenters. The fraction of sp³-hybridized carbons (Fsp3) is 0.750. The van der Waals surface area contributed by atoms with E-state index in [0.717, 1.165) is 25.0 Å². The molecule has 0 amide bonds. The van der Waals surface area contributed by atoms with E-state index in [1.54, 1.807) is 0 Å². The maximum Gasteiger partial charge on any atom is 0.505 e. The van der Waals surface area contributed by atoms with Crippen LogP contribution in [0, 0.1) is 0 Å². The molecule has 0 saturated carbocycles. The van der Waals surface area contributed by atoms with Gasteiger partial charge in [-0.3, -0.25) is 0 Å². The highest BCUT2D eigenvalue weighted by Crippen LogP contribution is 2.22. The zero-order valence-electron chi connectivity index (χ0n) is 7.86. The number of unbranched alkanes of at least 4 members (excludes halogenated alkanes) is 2. The average molecular weight is 211 g/mol. The summed E-state index contributed by atoms with van der Waals surface area (Å²) in [6, 6.07) is 0. The molecule has 0 atom stereocenters. The Balaban J connectivity index is 3.38. The van der Waals surface area contributed by atoms with Crippen LogP contribution in [-0.2, 0) is 0 Å². The monoisotopic (exact) mass is 211 g/mol. The molecular weight excluding hydrogens is 196 g/mol. The van der Waals surface area contributed by atoms with Crippen molar-refractivity contribution in [1.29, 1.82) is 0 Å². The summed E-state index contributed by atoms with van der Waals surface area (Å²) in [4.78, 5) is 0. The van der Waals surface area contributed by atoms with E-state index >= 15 is 0 Å². The number of thioether (sulfide) groups is 1. The summed E-state index contributed by atoms with van der Waals surface area (Å²) in [7, 11) is 0. The van der Waals surface area contributed by atoms with Gasteiger partial charge in [-0.2, -0.15) is 11.8 Å². The van der Waals surface area contributed by atoms with Crippen LogP contribution in [0.25, 0.3) is 0 Å². The molecule has 0 saturated heterocycles. The van der Waals surface area contributed by atoms with Crippen LogP contribution in [-0.4, -0.2) is 18.5 Å². The van der Waals surface area contributed by atoms with Crippen molar-refractivity contribution >= 4 is 18.7 Å². The van der Waals surface area contributed by atoms with Gasteiger partial charge < -0.3 is 12.9 Å². The standard InChI is InChI=1S/C8H15BF3S/c1-3-4-5-6-13-7-8(2)9(10,11)12/h2-7H2,1H3/q-1. The van der Waals surface area contributed by atoms with E-state index in [9.17, 15) is 12.9 Å². The lowest BCUT2D eigenvalue weighted by Gasteiger charge is -2.16. The Bertz CT molecular complexity index is 156. The third-order valence-electron chi connectivity index (χ3n) is 1.64. The van der Waals surface area contributed by atoms with Crippen LogP contribution in [0.5, 0.6) is 0 Å². The number of halogens is 3. The van der Waals surface area contributed by atoms with Gasteiger partial charge in [0, 0.05) is 0 Å². The zero-order valence-corrected chi connectivity index (χ0v) is 8.68. The highest BCUT2D eigenvalue weighted by molar-refractivity contribution is 7.99. The third kappa shape index (κ3) is 7.05. The summed E-state index contributed by atoms with van der Waals surface area (Å²) < 4.78 is 35.9. The molecule has 0 radical (unpaired) electrons. The van der Waals surface area contributed by atoms with Crippen molar-refractivity contribution in [2.75, 3.05) is 11.5 Å². The van der Waals surface area contributed by atoms with Gasteiger partial charge in [0.15, 0.2) is 0 Å². The Morgan fingerprint density at radius 2 is 1.92 bits per heavy atom. The molecule has 0 spiro atoms. The molecule has 0 fully saturated rings. The van der Waals surface area contributed by atoms with Crippen LogP contribution in [0.1, 0.15) is 26.2 Å². The van der Waals surface area contributed by atoms with Gasteiger partial charge in [-0.1, -0.05) is 19.8 Å². The SMILES string of the molecule is C=C(CSCCCCC)[B-](F)(F)F. The average Bonchev–Trinajstić information content (AvgIpc) is 2.02. The van der Waals surface area contributed by atoms with Crippen molar-refractivity contribution in [1.82, 2.24) is 0 Å². The summed E-state index contributed by atoms with van der Waals surface area (Å²) in [6.45, 7) is 0.287. The van der Waals surface area contributed by atoms with Crippen molar-refractivity contribution in [3.8, 4) is 0 Å². The predicted octanol–water partition coefficient (Wildman–Crippen LogP) is 3.85. The van der Waals surface area contributed by atoms with Gasteiger partial charge in [0.25, 0.3) is 0 Å². The van der Waals surface area contributed by atoms with Crippen LogP contribution in [0.3, 0.4) is 0 Å². The maximum atomic E-state index is 12.0.